The Morgan fingerprint density at radius 3 is 0.765 bits per heavy atom. The van der Waals surface area contributed by atoms with Gasteiger partial charge in [-0.05, 0) is 206 Å². The second-order valence-electron chi connectivity index (χ2n) is 24.8. The summed E-state index contributed by atoms with van der Waals surface area (Å²) in [6, 6.07) is 148. The number of hydrogen-bond acceptors (Lipinski definition) is 2. The van der Waals surface area contributed by atoms with Crippen LogP contribution < -0.4 is 9.80 Å². The number of nitrogens with zero attached hydrogens (tertiary/aromatic N) is 2. The van der Waals surface area contributed by atoms with Crippen molar-refractivity contribution in [3.8, 4) is 89.0 Å². The molecule has 0 spiro atoms. The molecule has 0 amide bonds. The zero-order valence-corrected chi connectivity index (χ0v) is 54.2. The molecule has 0 bridgehead atoms. The van der Waals surface area contributed by atoms with Crippen LogP contribution in [0.25, 0.3) is 121 Å². The summed E-state index contributed by atoms with van der Waals surface area (Å²) in [5, 5.41) is 7.59. The molecule has 0 N–H and O–H groups in total. The molecule has 17 aromatic carbocycles. The fourth-order valence-corrected chi connectivity index (χ4v) is 13.6. The van der Waals surface area contributed by atoms with Crippen molar-refractivity contribution < 1.29 is 0 Å². The lowest BCUT2D eigenvalue weighted by Crippen LogP contribution is -2.09. The van der Waals surface area contributed by atoms with Gasteiger partial charge in [-0.25, -0.2) is 0 Å². The molecule has 0 aliphatic carbocycles. The van der Waals surface area contributed by atoms with Gasteiger partial charge in [0.2, 0.25) is 0 Å². The van der Waals surface area contributed by atoms with Crippen molar-refractivity contribution in [1.29, 1.82) is 0 Å². The molecule has 17 rings (SSSR count). The molecule has 0 aliphatic heterocycles. The Morgan fingerprint density at radius 1 is 0.122 bits per heavy atom. The maximum atomic E-state index is 2.34. The maximum Gasteiger partial charge on any atom is 0.0462 e. The molecule has 0 saturated carbocycles. The summed E-state index contributed by atoms with van der Waals surface area (Å²) in [5.74, 6) is 0. The summed E-state index contributed by atoms with van der Waals surface area (Å²) in [7, 11) is 0. The largest absolute Gasteiger partial charge is 0.311 e. The molecule has 0 radical (unpaired) electrons. The topological polar surface area (TPSA) is 6.48 Å². The smallest absolute Gasteiger partial charge is 0.0462 e. The van der Waals surface area contributed by atoms with Gasteiger partial charge in [0.1, 0.15) is 0 Å². The van der Waals surface area contributed by atoms with Crippen molar-refractivity contribution >= 4 is 66.4 Å². The fourth-order valence-electron chi connectivity index (χ4n) is 13.6. The summed E-state index contributed by atoms with van der Waals surface area (Å²) >= 11 is 0. The van der Waals surface area contributed by atoms with E-state index in [1.165, 1.54) is 121 Å². The van der Waals surface area contributed by atoms with Gasteiger partial charge in [-0.1, -0.05) is 328 Å². The van der Waals surface area contributed by atoms with Crippen molar-refractivity contribution in [3.63, 3.8) is 0 Å². The van der Waals surface area contributed by atoms with Crippen LogP contribution in [0, 0.1) is 0 Å². The van der Waals surface area contributed by atoms with Gasteiger partial charge in [-0.2, -0.15) is 0 Å². The van der Waals surface area contributed by atoms with E-state index >= 15 is 0 Å². The zero-order chi connectivity index (χ0) is 65.4. The Kier molecular flexibility index (Phi) is 16.9. The lowest BCUT2D eigenvalue weighted by molar-refractivity contribution is 1.28. The SMILES string of the molecule is c1ccc(-c2ccc(N(c3ccc(-c4ccc(-c5ccc6ccccc6c5)cc4)cc3)c3ccc(-c4ccc(-c5cccc6ccccc56)cc4)cc3)cc2)cc1.c1ccc(-c2cccc(-c3ccc(N(c4ccccc4)c4ccc(-c5cccc6ccccc56)cc4)cc3)c2)cc1. The molecular formula is C96H68N2. The molecule has 0 atom stereocenters. The Bertz CT molecular complexity index is 5530. The lowest BCUT2D eigenvalue weighted by Gasteiger charge is -2.26. The first kappa shape index (κ1) is 60.1. The third kappa shape index (κ3) is 12.8. The number of anilines is 6. The van der Waals surface area contributed by atoms with Gasteiger partial charge in [0, 0.05) is 34.1 Å². The quantitative estimate of drug-likeness (QED) is 0.107. The van der Waals surface area contributed by atoms with Crippen molar-refractivity contribution in [2.75, 3.05) is 9.80 Å². The number of fused-ring (bicyclic) bond motifs is 3. The van der Waals surface area contributed by atoms with E-state index < -0.39 is 0 Å². The Hall–Kier alpha value is -12.9. The van der Waals surface area contributed by atoms with E-state index in [2.05, 4.69) is 422 Å². The van der Waals surface area contributed by atoms with Crippen LogP contribution in [0.1, 0.15) is 0 Å². The molecule has 0 saturated heterocycles. The average molecular weight is 1250 g/mol. The summed E-state index contributed by atoms with van der Waals surface area (Å²) < 4.78 is 0. The normalized spacial score (nSPS) is 11.1. The Balaban J connectivity index is 0.000000162. The molecule has 0 aromatic heterocycles. The second-order valence-corrected chi connectivity index (χ2v) is 24.8. The highest BCUT2D eigenvalue weighted by atomic mass is 15.1. The summed E-state index contributed by atoms with van der Waals surface area (Å²) in [6.45, 7) is 0. The number of hydrogen-bond donors (Lipinski definition) is 0. The average Bonchev–Trinajstić information content (AvgIpc) is 0.812. The zero-order valence-electron chi connectivity index (χ0n) is 54.2. The lowest BCUT2D eigenvalue weighted by atomic mass is 9.96. The van der Waals surface area contributed by atoms with Gasteiger partial charge in [0.05, 0.1) is 0 Å². The standard InChI is InChI=1S/C56H39N.C40H29N/c1-2-9-40(10-3-1)44-27-33-52(34-28-44)57(53-35-29-45(30-36-53)42-17-19-47(20-18-42)51-26-23-41-11-4-5-13-50(41)39-51)54-37-31-46(32-38-54)43-21-24-49(25-22-43)56-16-8-14-48-12-6-7-15-55(48)56;1-3-11-30(12-4-1)34-15-9-16-35(29-34)31-21-25-37(26-22-31)41(36-17-5-2-6-18-36)38-27-23-33(24-28-38)40-20-10-14-32-13-7-8-19-39(32)40/h1-39H;1-29H. The van der Waals surface area contributed by atoms with Crippen LogP contribution in [0.15, 0.2) is 413 Å². The highest BCUT2D eigenvalue weighted by Gasteiger charge is 2.17. The highest BCUT2D eigenvalue weighted by Crippen LogP contribution is 2.41. The van der Waals surface area contributed by atoms with Crippen molar-refractivity contribution in [1.82, 2.24) is 0 Å². The van der Waals surface area contributed by atoms with Crippen molar-refractivity contribution in [2.24, 2.45) is 0 Å². The Morgan fingerprint density at radius 2 is 0.357 bits per heavy atom. The van der Waals surface area contributed by atoms with E-state index in [0.717, 1.165) is 34.1 Å². The van der Waals surface area contributed by atoms with Crippen molar-refractivity contribution in [2.45, 2.75) is 0 Å². The minimum Gasteiger partial charge on any atom is -0.311 e. The summed E-state index contributed by atoms with van der Waals surface area (Å²) in [5.41, 5.74) is 26.1. The number of para-hydroxylation sites is 1. The first-order valence-corrected chi connectivity index (χ1v) is 33.6. The predicted octanol–water partition coefficient (Wildman–Crippen LogP) is 27.1. The third-order valence-electron chi connectivity index (χ3n) is 18.8. The molecular weight excluding hydrogens is 1180 g/mol. The molecule has 17 aromatic rings. The monoisotopic (exact) mass is 1250 g/mol. The van der Waals surface area contributed by atoms with Gasteiger partial charge in [-0.3, -0.25) is 0 Å². The number of benzene rings is 17. The first-order chi connectivity index (χ1) is 48.6. The minimum atomic E-state index is 1.10. The molecule has 462 valence electrons. The second kappa shape index (κ2) is 27.6. The van der Waals surface area contributed by atoms with Crippen LogP contribution in [-0.4, -0.2) is 0 Å². The van der Waals surface area contributed by atoms with E-state index in [4.69, 9.17) is 0 Å². The van der Waals surface area contributed by atoms with Crippen LogP contribution in [0.5, 0.6) is 0 Å². The van der Waals surface area contributed by atoms with Gasteiger partial charge >= 0.3 is 0 Å². The van der Waals surface area contributed by atoms with Crippen LogP contribution in [0.2, 0.25) is 0 Å². The van der Waals surface area contributed by atoms with Crippen LogP contribution in [0.4, 0.5) is 34.1 Å². The van der Waals surface area contributed by atoms with Gasteiger partial charge in [-0.15, -0.1) is 0 Å². The van der Waals surface area contributed by atoms with Crippen molar-refractivity contribution in [3.05, 3.63) is 413 Å². The Labute approximate surface area is 574 Å². The first-order valence-electron chi connectivity index (χ1n) is 33.6. The predicted molar refractivity (Wildman–Crippen MR) is 418 cm³/mol. The van der Waals surface area contributed by atoms with Gasteiger partial charge in [0.25, 0.3) is 0 Å². The van der Waals surface area contributed by atoms with E-state index in [9.17, 15) is 0 Å². The van der Waals surface area contributed by atoms with E-state index in [-0.39, 0.29) is 0 Å². The third-order valence-corrected chi connectivity index (χ3v) is 18.8. The van der Waals surface area contributed by atoms with E-state index in [1.807, 2.05) is 0 Å². The van der Waals surface area contributed by atoms with Crippen LogP contribution in [0.3, 0.4) is 0 Å². The fraction of sp³-hybridized carbons (Fsp3) is 0. The van der Waals surface area contributed by atoms with Gasteiger partial charge in [0.15, 0.2) is 0 Å². The molecule has 2 heteroatoms. The maximum absolute atomic E-state index is 2.34. The molecule has 0 heterocycles. The molecule has 0 aliphatic rings. The molecule has 98 heavy (non-hydrogen) atoms. The number of rotatable bonds is 14. The summed E-state index contributed by atoms with van der Waals surface area (Å²) in [6.07, 6.45) is 0. The minimum absolute atomic E-state index is 1.10. The van der Waals surface area contributed by atoms with Crippen LogP contribution in [-0.2, 0) is 0 Å². The molecule has 2 nitrogen and oxygen atoms in total. The molecule has 0 unspecified atom stereocenters. The van der Waals surface area contributed by atoms with E-state index in [1.54, 1.807) is 0 Å². The van der Waals surface area contributed by atoms with E-state index in [0.29, 0.717) is 0 Å². The summed E-state index contributed by atoms with van der Waals surface area (Å²) in [4.78, 5) is 4.66. The highest BCUT2D eigenvalue weighted by molar-refractivity contribution is 5.98. The van der Waals surface area contributed by atoms with Crippen LogP contribution >= 0.6 is 0 Å². The molecule has 0 fully saturated rings. The van der Waals surface area contributed by atoms with Gasteiger partial charge < -0.3 is 9.80 Å².